The van der Waals surface area contributed by atoms with Crippen molar-refractivity contribution in [1.29, 1.82) is 0 Å². The lowest BCUT2D eigenvalue weighted by Gasteiger charge is -2.20. The number of carbonyl (C=O) groups is 1. The summed E-state index contributed by atoms with van der Waals surface area (Å²) in [5.41, 5.74) is 0. The fourth-order valence-electron chi connectivity index (χ4n) is 2.27. The molecule has 0 aromatic rings. The molecule has 0 aliphatic carbocycles. The van der Waals surface area contributed by atoms with E-state index in [2.05, 4.69) is 5.32 Å². The molecule has 3 nitrogen and oxygen atoms in total. The molecule has 2 fully saturated rings. The van der Waals surface area contributed by atoms with Gasteiger partial charge in [0.25, 0.3) is 0 Å². The molecular weight excluding hydrogens is 183 g/mol. The Morgan fingerprint density at radius 2 is 2.36 bits per heavy atom. The molecule has 2 saturated heterocycles. The molecule has 0 unspecified atom stereocenters. The number of hydrogen-bond acceptors (Lipinski definition) is 2. The Labute approximate surface area is 83.6 Å². The van der Waals surface area contributed by atoms with E-state index >= 15 is 0 Å². The van der Waals surface area contributed by atoms with Gasteiger partial charge in [0, 0.05) is 19.0 Å². The topological polar surface area (TPSA) is 32.3 Å². The van der Waals surface area contributed by atoms with Crippen LogP contribution < -0.4 is 5.32 Å². The van der Waals surface area contributed by atoms with E-state index in [1.807, 2.05) is 4.90 Å². The zero-order chi connectivity index (χ0) is 9.97. The van der Waals surface area contributed by atoms with Crippen LogP contribution in [0.15, 0.2) is 0 Å². The molecule has 2 aliphatic rings. The predicted octanol–water partition coefficient (Wildman–Crippen LogP) is 0.556. The third-order valence-corrected chi connectivity index (χ3v) is 3.17. The summed E-state index contributed by atoms with van der Waals surface area (Å²) < 4.78 is 12.4. The van der Waals surface area contributed by atoms with Crippen molar-refractivity contribution < 1.29 is 9.18 Å². The third-order valence-electron chi connectivity index (χ3n) is 3.17. The summed E-state index contributed by atoms with van der Waals surface area (Å²) in [6, 6.07) is 0.00774. The maximum absolute atomic E-state index is 12.4. The molecule has 0 bridgehead atoms. The molecule has 2 rings (SSSR count). The van der Waals surface area contributed by atoms with Crippen molar-refractivity contribution in [2.45, 2.75) is 25.3 Å². The highest BCUT2D eigenvalue weighted by molar-refractivity contribution is 5.82. The Morgan fingerprint density at radius 3 is 2.93 bits per heavy atom. The van der Waals surface area contributed by atoms with Crippen LogP contribution in [-0.2, 0) is 4.79 Å². The largest absolute Gasteiger partial charge is 0.341 e. The van der Waals surface area contributed by atoms with Crippen molar-refractivity contribution in [1.82, 2.24) is 10.2 Å². The summed E-state index contributed by atoms with van der Waals surface area (Å²) in [6.07, 6.45) is 2.85. The van der Waals surface area contributed by atoms with Gasteiger partial charge in [0.15, 0.2) is 0 Å². The Kier molecular flexibility index (Phi) is 3.01. The first kappa shape index (κ1) is 9.90. The normalized spacial score (nSPS) is 32.5. The summed E-state index contributed by atoms with van der Waals surface area (Å²) in [5, 5.41) is 3.18. The Balaban J connectivity index is 1.86. The Morgan fingerprint density at radius 1 is 1.50 bits per heavy atom. The molecule has 0 aromatic carbocycles. The van der Waals surface area contributed by atoms with Crippen molar-refractivity contribution in [2.75, 3.05) is 26.3 Å². The highest BCUT2D eigenvalue weighted by atomic mass is 19.1. The van der Waals surface area contributed by atoms with Gasteiger partial charge in [0.05, 0.1) is 12.7 Å². The van der Waals surface area contributed by atoms with Crippen LogP contribution in [0.3, 0.4) is 0 Å². The number of carbonyl (C=O) groups excluding carboxylic acids is 1. The molecule has 1 N–H and O–H groups in total. The number of alkyl halides is 1. The van der Waals surface area contributed by atoms with Crippen molar-refractivity contribution in [3.8, 4) is 0 Å². The second-order valence-electron chi connectivity index (χ2n) is 4.24. The van der Waals surface area contributed by atoms with Gasteiger partial charge in [-0.3, -0.25) is 9.18 Å². The van der Waals surface area contributed by atoms with Gasteiger partial charge in [-0.05, 0) is 25.8 Å². The minimum Gasteiger partial charge on any atom is -0.341 e. The van der Waals surface area contributed by atoms with Crippen LogP contribution in [0.1, 0.15) is 19.3 Å². The monoisotopic (exact) mass is 200 g/mol. The van der Waals surface area contributed by atoms with E-state index in [4.69, 9.17) is 0 Å². The van der Waals surface area contributed by atoms with E-state index < -0.39 is 0 Å². The molecule has 80 valence electrons. The maximum atomic E-state index is 12.4. The average Bonchev–Trinajstić information content (AvgIpc) is 2.88. The molecular formula is C10H17FN2O. The molecule has 0 radical (unpaired) electrons. The van der Waals surface area contributed by atoms with Gasteiger partial charge in [0.1, 0.15) is 0 Å². The van der Waals surface area contributed by atoms with E-state index in [-0.39, 0.29) is 24.5 Å². The fourth-order valence-corrected chi connectivity index (χ4v) is 2.27. The van der Waals surface area contributed by atoms with Gasteiger partial charge >= 0.3 is 0 Å². The molecule has 0 saturated carbocycles. The van der Waals surface area contributed by atoms with Crippen molar-refractivity contribution >= 4 is 5.91 Å². The number of amides is 1. The molecule has 14 heavy (non-hydrogen) atoms. The van der Waals surface area contributed by atoms with Gasteiger partial charge < -0.3 is 10.2 Å². The summed E-state index contributed by atoms with van der Waals surface area (Å²) >= 11 is 0. The first-order chi connectivity index (χ1) is 6.81. The quantitative estimate of drug-likeness (QED) is 0.706. The number of nitrogens with one attached hydrogen (secondary N) is 1. The SMILES string of the molecule is O=C([C@H]1CCCN1)N1CC[C@H](CF)C1. The van der Waals surface area contributed by atoms with Crippen molar-refractivity contribution in [2.24, 2.45) is 5.92 Å². The summed E-state index contributed by atoms with van der Waals surface area (Å²) in [7, 11) is 0. The Hall–Kier alpha value is -0.640. The van der Waals surface area contributed by atoms with Crippen LogP contribution in [0.4, 0.5) is 4.39 Å². The minimum absolute atomic E-state index is 0.00774. The second kappa shape index (κ2) is 4.26. The van der Waals surface area contributed by atoms with E-state index in [0.29, 0.717) is 6.54 Å². The zero-order valence-electron chi connectivity index (χ0n) is 8.34. The zero-order valence-corrected chi connectivity index (χ0v) is 8.34. The highest BCUT2D eigenvalue weighted by Crippen LogP contribution is 2.19. The van der Waals surface area contributed by atoms with Gasteiger partial charge in [-0.15, -0.1) is 0 Å². The smallest absolute Gasteiger partial charge is 0.239 e. The van der Waals surface area contributed by atoms with Crippen LogP contribution in [0.5, 0.6) is 0 Å². The summed E-state index contributed by atoms with van der Waals surface area (Å²) in [4.78, 5) is 13.7. The average molecular weight is 200 g/mol. The lowest BCUT2D eigenvalue weighted by molar-refractivity contribution is -0.132. The first-order valence-electron chi connectivity index (χ1n) is 5.39. The second-order valence-corrected chi connectivity index (χ2v) is 4.24. The van der Waals surface area contributed by atoms with Crippen LogP contribution in [0, 0.1) is 5.92 Å². The molecule has 2 aliphatic heterocycles. The first-order valence-corrected chi connectivity index (χ1v) is 5.39. The van der Waals surface area contributed by atoms with Gasteiger partial charge in [-0.1, -0.05) is 0 Å². The molecule has 4 heteroatoms. The van der Waals surface area contributed by atoms with Crippen LogP contribution >= 0.6 is 0 Å². The summed E-state index contributed by atoms with van der Waals surface area (Å²) in [6.45, 7) is 2.01. The lowest BCUT2D eigenvalue weighted by Crippen LogP contribution is -2.42. The third kappa shape index (κ3) is 1.90. The van der Waals surface area contributed by atoms with E-state index in [0.717, 1.165) is 32.4 Å². The Bertz CT molecular complexity index is 216. The predicted molar refractivity (Wildman–Crippen MR) is 51.7 cm³/mol. The molecule has 2 atom stereocenters. The fraction of sp³-hybridized carbons (Fsp3) is 0.900. The maximum Gasteiger partial charge on any atom is 0.239 e. The molecule has 2 heterocycles. The van der Waals surface area contributed by atoms with Gasteiger partial charge in [-0.25, -0.2) is 0 Å². The van der Waals surface area contributed by atoms with Crippen LogP contribution in [-0.4, -0.2) is 43.2 Å². The number of hydrogen-bond donors (Lipinski definition) is 1. The summed E-state index contributed by atoms with van der Waals surface area (Å²) in [5.74, 6) is 0.263. The van der Waals surface area contributed by atoms with Crippen molar-refractivity contribution in [3.05, 3.63) is 0 Å². The van der Waals surface area contributed by atoms with Crippen molar-refractivity contribution in [3.63, 3.8) is 0 Å². The lowest BCUT2D eigenvalue weighted by atomic mass is 10.1. The number of rotatable bonds is 2. The van der Waals surface area contributed by atoms with E-state index in [9.17, 15) is 9.18 Å². The highest BCUT2D eigenvalue weighted by Gasteiger charge is 2.31. The van der Waals surface area contributed by atoms with Gasteiger partial charge in [0.2, 0.25) is 5.91 Å². The van der Waals surface area contributed by atoms with E-state index in [1.165, 1.54) is 0 Å². The molecule has 1 amide bonds. The number of likely N-dealkylation sites (tertiary alicyclic amines) is 1. The number of halogens is 1. The molecule has 0 spiro atoms. The molecule has 0 aromatic heterocycles. The standard InChI is InChI=1S/C10H17FN2O/c11-6-8-3-5-13(7-8)10(14)9-2-1-4-12-9/h8-9,12H,1-7H2/t8-,9-/m1/s1. The van der Waals surface area contributed by atoms with Crippen LogP contribution in [0.25, 0.3) is 0 Å². The van der Waals surface area contributed by atoms with E-state index in [1.54, 1.807) is 0 Å². The number of nitrogens with zero attached hydrogens (tertiary/aromatic N) is 1. The van der Waals surface area contributed by atoms with Crippen LogP contribution in [0.2, 0.25) is 0 Å². The minimum atomic E-state index is -0.290. The van der Waals surface area contributed by atoms with Gasteiger partial charge in [-0.2, -0.15) is 0 Å².